The van der Waals surface area contributed by atoms with E-state index < -0.39 is 0 Å². The molecule has 1 amide bonds. The van der Waals surface area contributed by atoms with E-state index in [0.29, 0.717) is 6.04 Å². The van der Waals surface area contributed by atoms with Crippen molar-refractivity contribution in [2.24, 2.45) is 0 Å². The van der Waals surface area contributed by atoms with Gasteiger partial charge in [-0.25, -0.2) is 0 Å². The van der Waals surface area contributed by atoms with Crippen LogP contribution in [0.4, 0.5) is 0 Å². The highest BCUT2D eigenvalue weighted by molar-refractivity contribution is 9.10. The minimum Gasteiger partial charge on any atom is -0.339 e. The van der Waals surface area contributed by atoms with E-state index in [9.17, 15) is 4.79 Å². The first kappa shape index (κ1) is 16.0. The third-order valence-corrected chi connectivity index (χ3v) is 4.78. The highest BCUT2D eigenvalue weighted by Crippen LogP contribution is 2.21. The molecular weight excluding hydrogens is 292 g/mol. The van der Waals surface area contributed by atoms with Crippen LogP contribution >= 0.6 is 15.9 Å². The van der Waals surface area contributed by atoms with Crippen molar-refractivity contribution >= 4 is 21.8 Å². The molecule has 2 atom stereocenters. The number of rotatable bonds is 7. The van der Waals surface area contributed by atoms with E-state index in [-0.39, 0.29) is 10.7 Å². The zero-order valence-electron chi connectivity index (χ0n) is 12.0. The van der Waals surface area contributed by atoms with Crippen LogP contribution in [0, 0.1) is 0 Å². The molecule has 0 saturated carbocycles. The number of amides is 1. The van der Waals surface area contributed by atoms with E-state index in [4.69, 9.17) is 0 Å². The molecule has 3 nitrogen and oxygen atoms in total. The van der Waals surface area contributed by atoms with Crippen LogP contribution in [0.25, 0.3) is 0 Å². The Kier molecular flexibility index (Phi) is 7.23. The average molecular weight is 319 g/mol. The smallest absolute Gasteiger partial charge is 0.236 e. The molecule has 0 aliphatic carbocycles. The predicted molar refractivity (Wildman–Crippen MR) is 80.1 cm³/mol. The van der Waals surface area contributed by atoms with Crippen molar-refractivity contribution in [2.45, 2.75) is 57.3 Å². The van der Waals surface area contributed by atoms with E-state index in [1.165, 1.54) is 6.42 Å². The van der Waals surface area contributed by atoms with Gasteiger partial charge in [0, 0.05) is 12.6 Å². The van der Waals surface area contributed by atoms with Gasteiger partial charge in [-0.05, 0) is 52.2 Å². The molecule has 1 rings (SSSR count). The van der Waals surface area contributed by atoms with Gasteiger partial charge in [-0.15, -0.1) is 0 Å². The van der Waals surface area contributed by atoms with Gasteiger partial charge < -0.3 is 9.80 Å². The Labute approximate surface area is 120 Å². The maximum atomic E-state index is 12.0. The summed E-state index contributed by atoms with van der Waals surface area (Å²) in [7, 11) is 0. The normalized spacial score (nSPS) is 22.6. The van der Waals surface area contributed by atoms with Crippen molar-refractivity contribution in [1.29, 1.82) is 0 Å². The molecule has 0 aromatic carbocycles. The number of likely N-dealkylation sites (tertiary alicyclic amines) is 1. The molecule has 0 bridgehead atoms. The molecule has 106 valence electrons. The Bertz CT molecular complexity index is 256. The van der Waals surface area contributed by atoms with Gasteiger partial charge in [-0.2, -0.15) is 0 Å². The number of carbonyl (C=O) groups is 1. The number of piperidine rings is 1. The summed E-state index contributed by atoms with van der Waals surface area (Å²) in [6.45, 7) is 10.9. The highest BCUT2D eigenvalue weighted by Gasteiger charge is 2.29. The quantitative estimate of drug-likeness (QED) is 0.674. The van der Waals surface area contributed by atoms with Crippen molar-refractivity contribution < 1.29 is 4.79 Å². The standard InChI is InChI=1S/C14H27BrN2O/c1-4-16(5-2)10-6-8-12(3)17-11-7-9-13(15)14(17)18/h12-13H,4-11H2,1-3H3. The molecule has 2 unspecified atom stereocenters. The van der Waals surface area contributed by atoms with Crippen molar-refractivity contribution in [2.75, 3.05) is 26.2 Å². The summed E-state index contributed by atoms with van der Waals surface area (Å²) in [6, 6.07) is 0.383. The Morgan fingerprint density at radius 1 is 1.44 bits per heavy atom. The summed E-state index contributed by atoms with van der Waals surface area (Å²) in [6.07, 6.45) is 4.41. The minimum absolute atomic E-state index is 0.0523. The summed E-state index contributed by atoms with van der Waals surface area (Å²) in [5, 5.41) is 0. The lowest BCUT2D eigenvalue weighted by molar-refractivity contribution is -0.134. The third kappa shape index (κ3) is 4.54. The van der Waals surface area contributed by atoms with Crippen LogP contribution in [0.2, 0.25) is 0 Å². The summed E-state index contributed by atoms with van der Waals surface area (Å²) < 4.78 is 0. The van der Waals surface area contributed by atoms with Crippen molar-refractivity contribution in [3.63, 3.8) is 0 Å². The van der Waals surface area contributed by atoms with Gasteiger partial charge in [0.05, 0.1) is 4.83 Å². The van der Waals surface area contributed by atoms with Gasteiger partial charge in [-0.1, -0.05) is 29.8 Å². The molecule has 18 heavy (non-hydrogen) atoms. The van der Waals surface area contributed by atoms with Crippen LogP contribution in [0.1, 0.15) is 46.5 Å². The average Bonchev–Trinajstić information content (AvgIpc) is 2.37. The van der Waals surface area contributed by atoms with Crippen LogP contribution in [-0.2, 0) is 4.79 Å². The van der Waals surface area contributed by atoms with Gasteiger partial charge >= 0.3 is 0 Å². The van der Waals surface area contributed by atoms with Gasteiger partial charge in [0.1, 0.15) is 0 Å². The van der Waals surface area contributed by atoms with Crippen LogP contribution in [0.15, 0.2) is 0 Å². The molecule has 4 heteroatoms. The Morgan fingerprint density at radius 3 is 2.72 bits per heavy atom. The van der Waals surface area contributed by atoms with Gasteiger partial charge in [-0.3, -0.25) is 4.79 Å². The van der Waals surface area contributed by atoms with Gasteiger partial charge in [0.25, 0.3) is 0 Å². The molecule has 0 radical (unpaired) electrons. The molecule has 0 N–H and O–H groups in total. The van der Waals surface area contributed by atoms with E-state index in [2.05, 4.69) is 46.5 Å². The second kappa shape index (κ2) is 8.16. The lowest BCUT2D eigenvalue weighted by Gasteiger charge is -2.35. The number of hydrogen-bond donors (Lipinski definition) is 0. The van der Waals surface area contributed by atoms with E-state index in [1.807, 2.05) is 0 Å². The number of carbonyl (C=O) groups excluding carboxylic acids is 1. The van der Waals surface area contributed by atoms with Crippen LogP contribution in [0.3, 0.4) is 0 Å². The van der Waals surface area contributed by atoms with Crippen LogP contribution in [-0.4, -0.2) is 52.8 Å². The molecule has 0 aromatic heterocycles. The van der Waals surface area contributed by atoms with Crippen molar-refractivity contribution in [3.8, 4) is 0 Å². The second-order valence-electron chi connectivity index (χ2n) is 5.16. The molecule has 1 aliphatic heterocycles. The molecular formula is C14H27BrN2O. The third-order valence-electron chi connectivity index (χ3n) is 3.93. The first-order chi connectivity index (χ1) is 8.60. The summed E-state index contributed by atoms with van der Waals surface area (Å²) in [5.41, 5.74) is 0. The molecule has 0 spiro atoms. The lowest BCUT2D eigenvalue weighted by Crippen LogP contribution is -2.46. The Balaban J connectivity index is 2.31. The van der Waals surface area contributed by atoms with Crippen LogP contribution < -0.4 is 0 Å². The Hall–Kier alpha value is -0.0900. The summed E-state index contributed by atoms with van der Waals surface area (Å²) in [4.78, 5) is 16.6. The lowest BCUT2D eigenvalue weighted by atomic mass is 10.1. The van der Waals surface area contributed by atoms with Crippen LogP contribution in [0.5, 0.6) is 0 Å². The number of halogens is 1. The Morgan fingerprint density at radius 2 is 2.11 bits per heavy atom. The first-order valence-electron chi connectivity index (χ1n) is 7.27. The SMILES string of the molecule is CCN(CC)CCCC(C)N1CCCC(Br)C1=O. The fourth-order valence-corrected chi connectivity index (χ4v) is 3.18. The van der Waals surface area contributed by atoms with Gasteiger partial charge in [0.2, 0.25) is 5.91 Å². The van der Waals surface area contributed by atoms with E-state index >= 15 is 0 Å². The molecule has 1 heterocycles. The molecule has 1 saturated heterocycles. The largest absolute Gasteiger partial charge is 0.339 e. The zero-order chi connectivity index (χ0) is 13.5. The number of hydrogen-bond acceptors (Lipinski definition) is 2. The summed E-state index contributed by atoms with van der Waals surface area (Å²) in [5.74, 6) is 0.289. The minimum atomic E-state index is 0.0523. The predicted octanol–water partition coefficient (Wildman–Crippen LogP) is 2.88. The summed E-state index contributed by atoms with van der Waals surface area (Å²) >= 11 is 3.48. The van der Waals surface area contributed by atoms with E-state index in [0.717, 1.165) is 45.4 Å². The molecule has 1 fully saturated rings. The second-order valence-corrected chi connectivity index (χ2v) is 6.26. The highest BCUT2D eigenvalue weighted by atomic mass is 79.9. The topological polar surface area (TPSA) is 23.6 Å². The number of alkyl halides is 1. The molecule has 1 aliphatic rings. The fraction of sp³-hybridized carbons (Fsp3) is 0.929. The maximum absolute atomic E-state index is 12.0. The van der Waals surface area contributed by atoms with Gasteiger partial charge in [0.15, 0.2) is 0 Å². The monoisotopic (exact) mass is 318 g/mol. The molecule has 0 aromatic rings. The van der Waals surface area contributed by atoms with Crippen molar-refractivity contribution in [1.82, 2.24) is 9.80 Å². The van der Waals surface area contributed by atoms with E-state index in [1.54, 1.807) is 0 Å². The first-order valence-corrected chi connectivity index (χ1v) is 8.18. The fourth-order valence-electron chi connectivity index (χ4n) is 2.60. The zero-order valence-corrected chi connectivity index (χ0v) is 13.6. The number of nitrogens with zero attached hydrogens (tertiary/aromatic N) is 2. The van der Waals surface area contributed by atoms with Crippen molar-refractivity contribution in [3.05, 3.63) is 0 Å². The maximum Gasteiger partial charge on any atom is 0.236 e.